The van der Waals surface area contributed by atoms with Crippen molar-refractivity contribution in [3.05, 3.63) is 59.7 Å². The van der Waals surface area contributed by atoms with Crippen LogP contribution in [-0.2, 0) is 27.5 Å². The summed E-state index contributed by atoms with van der Waals surface area (Å²) in [6.07, 6.45) is 0. The average molecular weight is 326 g/mol. The number of amides is 2. The standard InChI is InChI=1S/C19H22N2O3/c1-14(22)20-18-10-6-4-8-16(18)12-21(15(2)23)19-11-7-5-9-17(19)13-24-3/h4-11H,12-13H2,1-3H3,(H,20,22). The lowest BCUT2D eigenvalue weighted by Crippen LogP contribution is -2.29. The minimum Gasteiger partial charge on any atom is -0.380 e. The Bertz CT molecular complexity index is 728. The second-order valence-corrected chi connectivity index (χ2v) is 5.51. The summed E-state index contributed by atoms with van der Waals surface area (Å²) in [5.74, 6) is -0.215. The number of anilines is 2. The van der Waals surface area contributed by atoms with Crippen LogP contribution in [0, 0.1) is 0 Å². The number of carbonyl (C=O) groups excluding carboxylic acids is 2. The number of hydrogen-bond donors (Lipinski definition) is 1. The van der Waals surface area contributed by atoms with Gasteiger partial charge in [0.1, 0.15) is 0 Å². The van der Waals surface area contributed by atoms with E-state index in [0.29, 0.717) is 18.8 Å². The normalized spacial score (nSPS) is 10.3. The largest absolute Gasteiger partial charge is 0.380 e. The molecule has 5 nitrogen and oxygen atoms in total. The molecule has 0 fully saturated rings. The summed E-state index contributed by atoms with van der Waals surface area (Å²) in [4.78, 5) is 25.3. The van der Waals surface area contributed by atoms with E-state index in [-0.39, 0.29) is 11.8 Å². The topological polar surface area (TPSA) is 58.6 Å². The first-order valence-electron chi connectivity index (χ1n) is 7.73. The molecule has 0 saturated heterocycles. The molecule has 5 heteroatoms. The number of methoxy groups -OCH3 is 1. The van der Waals surface area contributed by atoms with Gasteiger partial charge in [-0.05, 0) is 17.7 Å². The van der Waals surface area contributed by atoms with Gasteiger partial charge in [0.2, 0.25) is 11.8 Å². The van der Waals surface area contributed by atoms with Crippen molar-refractivity contribution in [2.24, 2.45) is 0 Å². The zero-order valence-corrected chi connectivity index (χ0v) is 14.2. The zero-order valence-electron chi connectivity index (χ0n) is 14.2. The van der Waals surface area contributed by atoms with Crippen LogP contribution < -0.4 is 10.2 Å². The van der Waals surface area contributed by atoms with Crippen LogP contribution in [0.3, 0.4) is 0 Å². The number of para-hydroxylation sites is 2. The van der Waals surface area contributed by atoms with E-state index in [0.717, 1.165) is 16.8 Å². The van der Waals surface area contributed by atoms with Crippen LogP contribution in [0.25, 0.3) is 0 Å². The molecule has 0 aliphatic rings. The lowest BCUT2D eigenvalue weighted by Gasteiger charge is -2.25. The van der Waals surface area contributed by atoms with E-state index in [1.54, 1.807) is 12.0 Å². The van der Waals surface area contributed by atoms with Crippen LogP contribution in [0.1, 0.15) is 25.0 Å². The SMILES string of the molecule is COCc1ccccc1N(Cc1ccccc1NC(C)=O)C(C)=O. The van der Waals surface area contributed by atoms with Crippen LogP contribution in [0.15, 0.2) is 48.5 Å². The first-order chi connectivity index (χ1) is 11.5. The van der Waals surface area contributed by atoms with Crippen molar-refractivity contribution in [1.82, 2.24) is 0 Å². The molecule has 0 heterocycles. The highest BCUT2D eigenvalue weighted by Gasteiger charge is 2.17. The highest BCUT2D eigenvalue weighted by atomic mass is 16.5. The Balaban J connectivity index is 2.37. The molecule has 0 bridgehead atoms. The smallest absolute Gasteiger partial charge is 0.224 e. The van der Waals surface area contributed by atoms with E-state index in [9.17, 15) is 9.59 Å². The number of rotatable bonds is 6. The number of hydrogen-bond acceptors (Lipinski definition) is 3. The van der Waals surface area contributed by atoms with Gasteiger partial charge in [0.05, 0.1) is 13.2 Å². The predicted octanol–water partition coefficient (Wildman–Crippen LogP) is 3.34. The molecule has 0 spiro atoms. The molecular formula is C19H22N2O3. The van der Waals surface area contributed by atoms with Gasteiger partial charge >= 0.3 is 0 Å². The molecule has 1 N–H and O–H groups in total. The van der Waals surface area contributed by atoms with Crippen LogP contribution in [0.4, 0.5) is 11.4 Å². The summed E-state index contributed by atoms with van der Waals surface area (Å²) in [5.41, 5.74) is 3.33. The molecule has 2 rings (SSSR count). The van der Waals surface area contributed by atoms with Crippen molar-refractivity contribution in [1.29, 1.82) is 0 Å². The minimum absolute atomic E-state index is 0.0730. The number of benzene rings is 2. The van der Waals surface area contributed by atoms with Crippen LogP contribution in [-0.4, -0.2) is 18.9 Å². The van der Waals surface area contributed by atoms with Crippen molar-refractivity contribution in [2.45, 2.75) is 27.0 Å². The number of nitrogens with zero attached hydrogens (tertiary/aromatic N) is 1. The quantitative estimate of drug-likeness (QED) is 0.885. The Labute approximate surface area is 142 Å². The molecule has 0 radical (unpaired) electrons. The summed E-state index contributed by atoms with van der Waals surface area (Å²) >= 11 is 0. The number of nitrogens with one attached hydrogen (secondary N) is 1. The van der Waals surface area contributed by atoms with Gasteiger partial charge in [-0.1, -0.05) is 36.4 Å². The van der Waals surface area contributed by atoms with E-state index in [1.165, 1.54) is 13.8 Å². The molecule has 0 atom stereocenters. The van der Waals surface area contributed by atoms with Crippen molar-refractivity contribution in [2.75, 3.05) is 17.3 Å². The molecular weight excluding hydrogens is 304 g/mol. The molecule has 2 aromatic carbocycles. The lowest BCUT2D eigenvalue weighted by molar-refractivity contribution is -0.116. The summed E-state index contributed by atoms with van der Waals surface area (Å²) in [5, 5.41) is 2.81. The first-order valence-corrected chi connectivity index (χ1v) is 7.73. The monoisotopic (exact) mass is 326 g/mol. The third-order valence-electron chi connectivity index (χ3n) is 3.62. The van der Waals surface area contributed by atoms with E-state index >= 15 is 0 Å². The van der Waals surface area contributed by atoms with Gasteiger partial charge in [-0.3, -0.25) is 9.59 Å². The van der Waals surface area contributed by atoms with E-state index in [2.05, 4.69) is 5.32 Å². The molecule has 24 heavy (non-hydrogen) atoms. The van der Waals surface area contributed by atoms with E-state index in [1.807, 2.05) is 48.5 Å². The fourth-order valence-electron chi connectivity index (χ4n) is 2.56. The highest BCUT2D eigenvalue weighted by Crippen LogP contribution is 2.26. The zero-order chi connectivity index (χ0) is 17.5. The fraction of sp³-hybridized carbons (Fsp3) is 0.263. The third kappa shape index (κ3) is 4.43. The van der Waals surface area contributed by atoms with Crippen LogP contribution in [0.5, 0.6) is 0 Å². The molecule has 0 aliphatic carbocycles. The Morgan fingerprint density at radius 2 is 1.62 bits per heavy atom. The Morgan fingerprint density at radius 3 is 2.25 bits per heavy atom. The number of ether oxygens (including phenoxy) is 1. The molecule has 0 unspecified atom stereocenters. The van der Waals surface area contributed by atoms with Gasteiger partial charge in [-0.2, -0.15) is 0 Å². The molecule has 0 saturated carbocycles. The fourth-order valence-corrected chi connectivity index (χ4v) is 2.56. The van der Waals surface area contributed by atoms with Crippen molar-refractivity contribution < 1.29 is 14.3 Å². The Hall–Kier alpha value is -2.66. The molecule has 0 aromatic heterocycles. The lowest BCUT2D eigenvalue weighted by atomic mass is 10.1. The molecule has 126 valence electrons. The van der Waals surface area contributed by atoms with Crippen LogP contribution in [0.2, 0.25) is 0 Å². The van der Waals surface area contributed by atoms with Crippen molar-refractivity contribution >= 4 is 23.2 Å². The van der Waals surface area contributed by atoms with Crippen molar-refractivity contribution in [3.8, 4) is 0 Å². The van der Waals surface area contributed by atoms with Gasteiger partial charge in [0.15, 0.2) is 0 Å². The van der Waals surface area contributed by atoms with Gasteiger partial charge < -0.3 is 15.0 Å². The maximum atomic E-state index is 12.2. The number of carbonyl (C=O) groups is 2. The van der Waals surface area contributed by atoms with Gasteiger partial charge in [0, 0.05) is 37.9 Å². The average Bonchev–Trinajstić information content (AvgIpc) is 2.54. The van der Waals surface area contributed by atoms with E-state index in [4.69, 9.17) is 4.74 Å². The molecule has 2 aromatic rings. The van der Waals surface area contributed by atoms with Gasteiger partial charge in [0.25, 0.3) is 0 Å². The molecule has 2 amide bonds. The maximum Gasteiger partial charge on any atom is 0.224 e. The minimum atomic E-state index is -0.142. The second-order valence-electron chi connectivity index (χ2n) is 5.51. The van der Waals surface area contributed by atoms with Crippen LogP contribution >= 0.6 is 0 Å². The maximum absolute atomic E-state index is 12.2. The van der Waals surface area contributed by atoms with Gasteiger partial charge in [-0.25, -0.2) is 0 Å². The first kappa shape index (κ1) is 17.7. The Morgan fingerprint density at radius 1 is 1.00 bits per heavy atom. The van der Waals surface area contributed by atoms with Crippen molar-refractivity contribution in [3.63, 3.8) is 0 Å². The summed E-state index contributed by atoms with van der Waals surface area (Å²) in [6, 6.07) is 15.1. The molecule has 0 aliphatic heterocycles. The van der Waals surface area contributed by atoms with E-state index < -0.39 is 0 Å². The summed E-state index contributed by atoms with van der Waals surface area (Å²) in [6.45, 7) is 3.79. The second kappa shape index (κ2) is 8.26. The predicted molar refractivity (Wildman–Crippen MR) is 94.8 cm³/mol. The Kier molecular flexibility index (Phi) is 6.09. The van der Waals surface area contributed by atoms with Gasteiger partial charge in [-0.15, -0.1) is 0 Å². The summed E-state index contributed by atoms with van der Waals surface area (Å²) < 4.78 is 5.23. The third-order valence-corrected chi connectivity index (χ3v) is 3.62. The highest BCUT2D eigenvalue weighted by molar-refractivity contribution is 5.93. The summed E-state index contributed by atoms with van der Waals surface area (Å²) in [7, 11) is 1.63.